The monoisotopic (exact) mass is 396 g/mol. The molecule has 1 amide bonds. The van der Waals surface area contributed by atoms with E-state index in [1.165, 1.54) is 12.8 Å². The van der Waals surface area contributed by atoms with Crippen LogP contribution in [0.15, 0.2) is 18.2 Å². The van der Waals surface area contributed by atoms with Crippen molar-refractivity contribution >= 4 is 29.9 Å². The largest absolute Gasteiger partial charge is 0.354 e. The number of amides is 1. The van der Waals surface area contributed by atoms with Gasteiger partial charge < -0.3 is 11.1 Å². The van der Waals surface area contributed by atoms with Gasteiger partial charge in [0.2, 0.25) is 5.91 Å². The molecule has 26 heavy (non-hydrogen) atoms. The summed E-state index contributed by atoms with van der Waals surface area (Å²) in [6.45, 7) is 6.42. The van der Waals surface area contributed by atoms with E-state index in [0.29, 0.717) is 23.9 Å². The Labute approximate surface area is 165 Å². The van der Waals surface area contributed by atoms with E-state index in [1.54, 1.807) is 0 Å². The minimum atomic E-state index is -0.0104. The van der Waals surface area contributed by atoms with Crippen LogP contribution in [0.25, 0.3) is 5.69 Å². The lowest BCUT2D eigenvalue weighted by atomic mass is 10.1. The van der Waals surface area contributed by atoms with Gasteiger partial charge in [-0.3, -0.25) is 4.79 Å². The van der Waals surface area contributed by atoms with Crippen molar-refractivity contribution < 1.29 is 4.79 Å². The number of hydrogen-bond donors (Lipinski definition) is 2. The van der Waals surface area contributed by atoms with Crippen molar-refractivity contribution in [3.8, 4) is 5.69 Å². The van der Waals surface area contributed by atoms with Gasteiger partial charge in [-0.15, -0.1) is 12.4 Å². The number of halogens is 2. The van der Waals surface area contributed by atoms with Crippen LogP contribution in [0, 0.1) is 26.7 Å². The molecule has 3 rings (SSSR count). The van der Waals surface area contributed by atoms with Crippen molar-refractivity contribution in [1.82, 2.24) is 15.1 Å². The standard InChI is InChI=1S/C19H25ClN4O.ClH/c1-11-4-7-15(8-17(11)20)24-13(3)16(12(2)23-24)9-19(25)22-10-18(21)14-5-6-14;/h4,7-8,14,18H,5-6,9-10,21H2,1-3H3,(H,22,25);1H. The van der Waals surface area contributed by atoms with E-state index < -0.39 is 0 Å². The van der Waals surface area contributed by atoms with E-state index in [9.17, 15) is 4.79 Å². The van der Waals surface area contributed by atoms with Gasteiger partial charge in [0.1, 0.15) is 0 Å². The fraction of sp³-hybridized carbons (Fsp3) is 0.474. The molecule has 2 aromatic rings. The summed E-state index contributed by atoms with van der Waals surface area (Å²) in [7, 11) is 0. The smallest absolute Gasteiger partial charge is 0.224 e. The van der Waals surface area contributed by atoms with Crippen molar-refractivity contribution in [3.05, 3.63) is 45.7 Å². The van der Waals surface area contributed by atoms with Crippen LogP contribution in [-0.4, -0.2) is 28.3 Å². The molecule has 0 radical (unpaired) electrons. The molecule has 0 spiro atoms. The maximum absolute atomic E-state index is 12.3. The molecule has 142 valence electrons. The van der Waals surface area contributed by atoms with Crippen LogP contribution in [0.2, 0.25) is 5.02 Å². The molecule has 1 aromatic heterocycles. The highest BCUT2D eigenvalue weighted by Crippen LogP contribution is 2.31. The van der Waals surface area contributed by atoms with Gasteiger partial charge in [-0.2, -0.15) is 5.10 Å². The molecule has 0 bridgehead atoms. The molecule has 1 unspecified atom stereocenters. The second-order valence-electron chi connectivity index (χ2n) is 6.98. The van der Waals surface area contributed by atoms with E-state index in [0.717, 1.165) is 28.2 Å². The molecule has 1 aliphatic carbocycles. The Morgan fingerprint density at radius 1 is 1.38 bits per heavy atom. The Morgan fingerprint density at radius 2 is 2.08 bits per heavy atom. The van der Waals surface area contributed by atoms with Gasteiger partial charge in [0, 0.05) is 28.9 Å². The lowest BCUT2D eigenvalue weighted by Gasteiger charge is -2.12. The normalized spacial score (nSPS) is 14.7. The number of aryl methyl sites for hydroxylation is 2. The first kappa shape index (κ1) is 20.7. The molecule has 3 N–H and O–H groups in total. The highest BCUT2D eigenvalue weighted by molar-refractivity contribution is 6.31. The third-order valence-corrected chi connectivity index (χ3v) is 5.35. The molecule has 1 saturated carbocycles. The van der Waals surface area contributed by atoms with Crippen LogP contribution in [-0.2, 0) is 11.2 Å². The van der Waals surface area contributed by atoms with Crippen LogP contribution >= 0.6 is 24.0 Å². The number of hydrogen-bond acceptors (Lipinski definition) is 3. The maximum atomic E-state index is 12.3. The lowest BCUT2D eigenvalue weighted by Crippen LogP contribution is -2.39. The van der Waals surface area contributed by atoms with E-state index in [1.807, 2.05) is 43.7 Å². The van der Waals surface area contributed by atoms with Crippen molar-refractivity contribution in [2.24, 2.45) is 11.7 Å². The van der Waals surface area contributed by atoms with Crippen molar-refractivity contribution in [2.45, 2.75) is 46.1 Å². The minimum absolute atomic E-state index is 0. The van der Waals surface area contributed by atoms with Crippen molar-refractivity contribution in [3.63, 3.8) is 0 Å². The summed E-state index contributed by atoms with van der Waals surface area (Å²) in [5.41, 5.74) is 10.7. The van der Waals surface area contributed by atoms with Gasteiger partial charge in [-0.1, -0.05) is 17.7 Å². The van der Waals surface area contributed by atoms with Gasteiger partial charge >= 0.3 is 0 Å². The quantitative estimate of drug-likeness (QED) is 0.786. The molecular formula is C19H26Cl2N4O. The van der Waals surface area contributed by atoms with Gasteiger partial charge in [0.25, 0.3) is 0 Å². The van der Waals surface area contributed by atoms with Crippen LogP contribution < -0.4 is 11.1 Å². The van der Waals surface area contributed by atoms with Crippen molar-refractivity contribution in [2.75, 3.05) is 6.54 Å². The maximum Gasteiger partial charge on any atom is 0.224 e. The number of rotatable bonds is 6. The van der Waals surface area contributed by atoms with E-state index in [4.69, 9.17) is 17.3 Å². The SMILES string of the molecule is Cc1ccc(-n2nc(C)c(CC(=O)NCC(N)C3CC3)c2C)cc1Cl.Cl. The first-order chi connectivity index (χ1) is 11.9. The molecule has 5 nitrogen and oxygen atoms in total. The average molecular weight is 397 g/mol. The van der Waals surface area contributed by atoms with Crippen molar-refractivity contribution in [1.29, 1.82) is 0 Å². The second kappa shape index (κ2) is 8.42. The molecule has 0 aliphatic heterocycles. The summed E-state index contributed by atoms with van der Waals surface area (Å²) in [6.07, 6.45) is 2.68. The molecule has 0 saturated heterocycles. The van der Waals surface area contributed by atoms with Gasteiger partial charge in [0.05, 0.1) is 17.8 Å². The predicted molar refractivity (Wildman–Crippen MR) is 107 cm³/mol. The third-order valence-electron chi connectivity index (χ3n) is 4.94. The van der Waals surface area contributed by atoms with Crippen LogP contribution in [0.5, 0.6) is 0 Å². The number of carbonyl (C=O) groups excluding carboxylic acids is 1. The molecule has 1 aromatic carbocycles. The molecule has 1 heterocycles. The van der Waals surface area contributed by atoms with E-state index in [2.05, 4.69) is 10.4 Å². The number of nitrogens with zero attached hydrogens (tertiary/aromatic N) is 2. The molecule has 1 fully saturated rings. The van der Waals surface area contributed by atoms with E-state index in [-0.39, 0.29) is 24.4 Å². The van der Waals surface area contributed by atoms with E-state index >= 15 is 0 Å². The fourth-order valence-electron chi connectivity index (χ4n) is 3.04. The molecule has 7 heteroatoms. The Kier molecular flexibility index (Phi) is 6.72. The third kappa shape index (κ3) is 4.58. The Morgan fingerprint density at radius 3 is 2.69 bits per heavy atom. The second-order valence-corrected chi connectivity index (χ2v) is 7.38. The molecular weight excluding hydrogens is 371 g/mol. The lowest BCUT2D eigenvalue weighted by molar-refractivity contribution is -0.120. The van der Waals surface area contributed by atoms with Crippen LogP contribution in [0.3, 0.4) is 0 Å². The first-order valence-electron chi connectivity index (χ1n) is 8.70. The topological polar surface area (TPSA) is 72.9 Å². The summed E-state index contributed by atoms with van der Waals surface area (Å²) in [5.74, 6) is 0.571. The summed E-state index contributed by atoms with van der Waals surface area (Å²) < 4.78 is 1.85. The van der Waals surface area contributed by atoms with Crippen LogP contribution in [0.1, 0.15) is 35.4 Å². The predicted octanol–water partition coefficient (Wildman–Crippen LogP) is 3.27. The highest BCUT2D eigenvalue weighted by atomic mass is 35.5. The summed E-state index contributed by atoms with van der Waals surface area (Å²) in [6, 6.07) is 5.93. The Hall–Kier alpha value is -1.56. The number of benzene rings is 1. The average Bonchev–Trinajstić information content (AvgIpc) is 3.38. The fourth-order valence-corrected chi connectivity index (χ4v) is 3.22. The van der Waals surface area contributed by atoms with Gasteiger partial charge in [-0.05, 0) is 57.2 Å². The zero-order chi connectivity index (χ0) is 18.1. The molecule has 1 atom stereocenters. The number of nitrogens with two attached hydrogens (primary N) is 1. The summed E-state index contributed by atoms with van der Waals surface area (Å²) in [5, 5.41) is 8.25. The number of nitrogens with one attached hydrogen (secondary N) is 1. The van der Waals surface area contributed by atoms with Gasteiger partial charge in [0.15, 0.2) is 0 Å². The molecule has 1 aliphatic rings. The summed E-state index contributed by atoms with van der Waals surface area (Å²) in [4.78, 5) is 12.3. The van der Waals surface area contributed by atoms with Crippen LogP contribution in [0.4, 0.5) is 0 Å². The number of carbonyl (C=O) groups is 1. The number of aromatic nitrogens is 2. The Bertz CT molecular complexity index is 799. The van der Waals surface area contributed by atoms with Gasteiger partial charge in [-0.25, -0.2) is 4.68 Å². The minimum Gasteiger partial charge on any atom is -0.354 e. The Balaban J connectivity index is 0.00000243. The highest BCUT2D eigenvalue weighted by Gasteiger charge is 2.28. The zero-order valence-corrected chi connectivity index (χ0v) is 17.0. The zero-order valence-electron chi connectivity index (χ0n) is 15.4. The summed E-state index contributed by atoms with van der Waals surface area (Å²) >= 11 is 6.23. The first-order valence-corrected chi connectivity index (χ1v) is 9.08.